The summed E-state index contributed by atoms with van der Waals surface area (Å²) in [5.41, 5.74) is 7.64. The molecule has 0 saturated carbocycles. The van der Waals surface area contributed by atoms with Gasteiger partial charge in [-0.15, -0.1) is 0 Å². The molecule has 0 amide bonds. The molecule has 0 aliphatic carbocycles. The fourth-order valence-corrected chi connectivity index (χ4v) is 2.33. The van der Waals surface area contributed by atoms with Crippen LogP contribution in [0.1, 0.15) is 37.0 Å². The Kier molecular flexibility index (Phi) is 5.31. The van der Waals surface area contributed by atoms with Crippen molar-refractivity contribution in [3.05, 3.63) is 59.9 Å². The van der Waals surface area contributed by atoms with Crippen molar-refractivity contribution in [1.29, 1.82) is 0 Å². The van der Waals surface area contributed by atoms with Crippen LogP contribution >= 0.6 is 0 Å². The summed E-state index contributed by atoms with van der Waals surface area (Å²) >= 11 is 0. The topological polar surface area (TPSA) is 68.4 Å². The van der Waals surface area contributed by atoms with Gasteiger partial charge < -0.3 is 15.6 Å². The molecule has 2 unspecified atom stereocenters. The van der Waals surface area contributed by atoms with Gasteiger partial charge in [-0.25, -0.2) is 0 Å². The molecule has 0 aliphatic heterocycles. The SMILES string of the molecule is CC(C)Oc1cccc(C(O)C(CN)c2ccncc2)c1. The summed E-state index contributed by atoms with van der Waals surface area (Å²) in [6, 6.07) is 11.3. The summed E-state index contributed by atoms with van der Waals surface area (Å²) in [4.78, 5) is 4.00. The Hall–Kier alpha value is -1.91. The Morgan fingerprint density at radius 1 is 1.14 bits per heavy atom. The third-order valence-corrected chi connectivity index (χ3v) is 3.34. The average molecular weight is 286 g/mol. The quantitative estimate of drug-likeness (QED) is 0.856. The highest BCUT2D eigenvalue weighted by molar-refractivity contribution is 5.32. The standard InChI is InChI=1S/C17H22N2O2/c1-12(2)21-15-5-3-4-14(10-15)17(20)16(11-18)13-6-8-19-9-7-13/h3-10,12,16-17,20H,11,18H2,1-2H3. The van der Waals surface area contributed by atoms with Crippen LogP contribution in [0, 0.1) is 0 Å². The van der Waals surface area contributed by atoms with Crippen LogP contribution in [-0.2, 0) is 0 Å². The zero-order valence-corrected chi connectivity index (χ0v) is 12.4. The second-order valence-electron chi connectivity index (χ2n) is 5.31. The van der Waals surface area contributed by atoms with Gasteiger partial charge in [-0.3, -0.25) is 4.98 Å². The van der Waals surface area contributed by atoms with Crippen LogP contribution in [-0.4, -0.2) is 22.7 Å². The number of hydrogen-bond donors (Lipinski definition) is 2. The van der Waals surface area contributed by atoms with Gasteiger partial charge in [-0.05, 0) is 49.2 Å². The smallest absolute Gasteiger partial charge is 0.120 e. The van der Waals surface area contributed by atoms with Gasteiger partial charge in [0.2, 0.25) is 0 Å². The molecule has 112 valence electrons. The van der Waals surface area contributed by atoms with Crippen molar-refractivity contribution in [3.8, 4) is 5.75 Å². The lowest BCUT2D eigenvalue weighted by atomic mass is 9.90. The summed E-state index contributed by atoms with van der Waals surface area (Å²) in [6.45, 7) is 4.31. The summed E-state index contributed by atoms with van der Waals surface area (Å²) in [6.07, 6.45) is 2.85. The van der Waals surface area contributed by atoms with E-state index in [1.807, 2.05) is 50.2 Å². The van der Waals surface area contributed by atoms with E-state index in [9.17, 15) is 5.11 Å². The van der Waals surface area contributed by atoms with Gasteiger partial charge in [0.25, 0.3) is 0 Å². The van der Waals surface area contributed by atoms with Gasteiger partial charge >= 0.3 is 0 Å². The first-order valence-corrected chi connectivity index (χ1v) is 7.16. The minimum Gasteiger partial charge on any atom is -0.491 e. The van der Waals surface area contributed by atoms with Crippen LogP contribution in [0.4, 0.5) is 0 Å². The van der Waals surface area contributed by atoms with Crippen molar-refractivity contribution in [2.75, 3.05) is 6.54 Å². The van der Waals surface area contributed by atoms with Gasteiger partial charge in [-0.2, -0.15) is 0 Å². The monoisotopic (exact) mass is 286 g/mol. The van der Waals surface area contributed by atoms with Crippen LogP contribution in [0.5, 0.6) is 5.75 Å². The van der Waals surface area contributed by atoms with Gasteiger partial charge in [0.15, 0.2) is 0 Å². The zero-order chi connectivity index (χ0) is 15.2. The molecule has 21 heavy (non-hydrogen) atoms. The molecule has 4 heteroatoms. The number of pyridine rings is 1. The third-order valence-electron chi connectivity index (χ3n) is 3.34. The van der Waals surface area contributed by atoms with Crippen molar-refractivity contribution in [2.45, 2.75) is 32.0 Å². The average Bonchev–Trinajstić information content (AvgIpc) is 2.48. The molecule has 2 aromatic rings. The third kappa shape index (κ3) is 4.03. The number of nitrogens with zero attached hydrogens (tertiary/aromatic N) is 1. The fourth-order valence-electron chi connectivity index (χ4n) is 2.33. The highest BCUT2D eigenvalue weighted by atomic mass is 16.5. The van der Waals surface area contributed by atoms with Crippen LogP contribution in [0.15, 0.2) is 48.8 Å². The van der Waals surface area contributed by atoms with Gasteiger partial charge in [0, 0.05) is 24.9 Å². The summed E-state index contributed by atoms with van der Waals surface area (Å²) in [5.74, 6) is 0.592. The number of aliphatic hydroxyl groups excluding tert-OH is 1. The van der Waals surface area contributed by atoms with Gasteiger partial charge in [-0.1, -0.05) is 12.1 Å². The van der Waals surface area contributed by atoms with E-state index >= 15 is 0 Å². The zero-order valence-electron chi connectivity index (χ0n) is 12.4. The Morgan fingerprint density at radius 2 is 1.86 bits per heavy atom. The van der Waals surface area contributed by atoms with Gasteiger partial charge in [0.1, 0.15) is 5.75 Å². The molecule has 3 N–H and O–H groups in total. The first kappa shape index (κ1) is 15.5. The molecule has 1 aromatic heterocycles. The molecular weight excluding hydrogens is 264 g/mol. The normalized spacial score (nSPS) is 14.0. The number of rotatable bonds is 6. The van der Waals surface area contributed by atoms with Gasteiger partial charge in [0.05, 0.1) is 12.2 Å². The maximum Gasteiger partial charge on any atom is 0.120 e. The molecule has 2 rings (SSSR count). The van der Waals surface area contributed by atoms with E-state index in [-0.39, 0.29) is 12.0 Å². The Labute approximate surface area is 125 Å². The van der Waals surface area contributed by atoms with Crippen LogP contribution in [0.3, 0.4) is 0 Å². The number of hydrogen-bond acceptors (Lipinski definition) is 4. The van der Waals surface area contributed by atoms with E-state index in [1.165, 1.54) is 0 Å². The molecule has 0 radical (unpaired) electrons. The predicted octanol–water partition coefficient (Wildman–Crippen LogP) is 2.64. The predicted molar refractivity (Wildman–Crippen MR) is 83.2 cm³/mol. The molecule has 0 bridgehead atoms. The molecule has 2 atom stereocenters. The first-order chi connectivity index (χ1) is 10.1. The van der Waals surface area contributed by atoms with Crippen LogP contribution < -0.4 is 10.5 Å². The lowest BCUT2D eigenvalue weighted by Gasteiger charge is -2.23. The molecule has 0 spiro atoms. The molecule has 1 heterocycles. The molecule has 4 nitrogen and oxygen atoms in total. The summed E-state index contributed by atoms with van der Waals surface area (Å²) < 4.78 is 5.67. The van der Waals surface area contributed by atoms with E-state index in [0.29, 0.717) is 6.54 Å². The second-order valence-corrected chi connectivity index (χ2v) is 5.31. The van der Waals surface area contributed by atoms with E-state index in [1.54, 1.807) is 12.4 Å². The van der Waals surface area contributed by atoms with Crippen LogP contribution in [0.25, 0.3) is 0 Å². The highest BCUT2D eigenvalue weighted by Crippen LogP contribution is 2.31. The molecule has 0 aliphatic rings. The number of aromatic nitrogens is 1. The largest absolute Gasteiger partial charge is 0.491 e. The minimum atomic E-state index is -0.673. The Balaban J connectivity index is 2.23. The van der Waals surface area contributed by atoms with Crippen molar-refractivity contribution < 1.29 is 9.84 Å². The van der Waals surface area contributed by atoms with Crippen molar-refractivity contribution in [2.24, 2.45) is 5.73 Å². The molecule has 0 saturated heterocycles. The number of benzene rings is 1. The second kappa shape index (κ2) is 7.20. The van der Waals surface area contributed by atoms with Crippen molar-refractivity contribution >= 4 is 0 Å². The Bertz CT molecular complexity index is 558. The summed E-state index contributed by atoms with van der Waals surface area (Å²) in [5, 5.41) is 10.6. The first-order valence-electron chi connectivity index (χ1n) is 7.16. The maximum atomic E-state index is 10.6. The van der Waals surface area contributed by atoms with E-state index in [4.69, 9.17) is 10.5 Å². The van der Waals surface area contributed by atoms with Crippen LogP contribution in [0.2, 0.25) is 0 Å². The molecule has 1 aromatic carbocycles. The lowest BCUT2D eigenvalue weighted by Crippen LogP contribution is -2.20. The number of ether oxygens (including phenoxy) is 1. The van der Waals surface area contributed by atoms with Crippen molar-refractivity contribution in [3.63, 3.8) is 0 Å². The van der Waals surface area contributed by atoms with E-state index < -0.39 is 6.10 Å². The summed E-state index contributed by atoms with van der Waals surface area (Å²) in [7, 11) is 0. The lowest BCUT2D eigenvalue weighted by molar-refractivity contribution is 0.146. The van der Waals surface area contributed by atoms with Crippen molar-refractivity contribution in [1.82, 2.24) is 4.98 Å². The number of nitrogens with two attached hydrogens (primary N) is 1. The van der Waals surface area contributed by atoms with E-state index in [0.717, 1.165) is 16.9 Å². The maximum absolute atomic E-state index is 10.6. The molecule has 0 fully saturated rings. The Morgan fingerprint density at radius 3 is 2.48 bits per heavy atom. The van der Waals surface area contributed by atoms with E-state index in [2.05, 4.69) is 4.98 Å². The fraction of sp³-hybridized carbons (Fsp3) is 0.353. The molecular formula is C17H22N2O2. The highest BCUT2D eigenvalue weighted by Gasteiger charge is 2.21. The number of aliphatic hydroxyl groups is 1. The minimum absolute atomic E-state index is 0.0999.